The molecule has 1 amide bonds. The summed E-state index contributed by atoms with van der Waals surface area (Å²) in [5.41, 5.74) is 2.86. The lowest BCUT2D eigenvalue weighted by Gasteiger charge is -2.47. The van der Waals surface area contributed by atoms with E-state index in [0.717, 1.165) is 32.6 Å². The molecule has 2 aliphatic heterocycles. The number of likely N-dealkylation sites (tertiary alicyclic amines) is 2. The van der Waals surface area contributed by atoms with Gasteiger partial charge in [-0.3, -0.25) is 9.69 Å². The van der Waals surface area contributed by atoms with E-state index < -0.39 is 0 Å². The van der Waals surface area contributed by atoms with Crippen LogP contribution in [-0.2, 0) is 11.3 Å². The van der Waals surface area contributed by atoms with Crippen molar-refractivity contribution < 1.29 is 9.90 Å². The average Bonchev–Trinajstić information content (AvgIpc) is 3.12. The average molecular weight is 355 g/mol. The van der Waals surface area contributed by atoms with E-state index in [1.54, 1.807) is 0 Å². The highest BCUT2D eigenvalue weighted by molar-refractivity contribution is 5.79. The number of piperidine rings is 2. The number of aromatic nitrogens is 1. The first-order valence-electron chi connectivity index (χ1n) is 9.85. The molecule has 26 heavy (non-hydrogen) atoms. The van der Waals surface area contributed by atoms with Gasteiger partial charge in [-0.05, 0) is 73.3 Å². The quantitative estimate of drug-likeness (QED) is 0.867. The van der Waals surface area contributed by atoms with Gasteiger partial charge in [0.2, 0.25) is 5.91 Å². The maximum Gasteiger partial charge on any atom is 0.222 e. The molecule has 2 aliphatic rings. The summed E-state index contributed by atoms with van der Waals surface area (Å²) in [4.78, 5) is 19.9. The Hall–Kier alpha value is -1.85. The number of aliphatic hydroxyl groups is 1. The molecule has 1 aromatic heterocycles. The third kappa shape index (κ3) is 3.64. The van der Waals surface area contributed by atoms with E-state index in [-0.39, 0.29) is 12.5 Å². The van der Waals surface area contributed by atoms with Gasteiger partial charge in [-0.15, -0.1) is 0 Å². The van der Waals surface area contributed by atoms with E-state index in [2.05, 4.69) is 34.1 Å². The summed E-state index contributed by atoms with van der Waals surface area (Å²) in [7, 11) is 0. The summed E-state index contributed by atoms with van der Waals surface area (Å²) in [6, 6.07) is 8.80. The van der Waals surface area contributed by atoms with Crippen LogP contribution in [0.4, 0.5) is 0 Å². The molecule has 3 heterocycles. The lowest BCUT2D eigenvalue weighted by atomic mass is 9.72. The van der Waals surface area contributed by atoms with Crippen molar-refractivity contribution in [1.29, 1.82) is 0 Å². The Morgan fingerprint density at radius 1 is 1.15 bits per heavy atom. The first-order valence-corrected chi connectivity index (χ1v) is 9.85. The van der Waals surface area contributed by atoms with Gasteiger partial charge < -0.3 is 15.0 Å². The Labute approximate surface area is 155 Å². The second-order valence-electron chi connectivity index (χ2n) is 8.07. The van der Waals surface area contributed by atoms with Crippen molar-refractivity contribution >= 4 is 16.8 Å². The van der Waals surface area contributed by atoms with Gasteiger partial charge in [0.05, 0.1) is 0 Å². The van der Waals surface area contributed by atoms with Crippen molar-refractivity contribution in [1.82, 2.24) is 14.8 Å². The van der Waals surface area contributed by atoms with Crippen molar-refractivity contribution in [3.05, 3.63) is 36.0 Å². The summed E-state index contributed by atoms with van der Waals surface area (Å²) in [6.45, 7) is 4.97. The number of H-pyrrole nitrogens is 1. The van der Waals surface area contributed by atoms with Gasteiger partial charge in [-0.25, -0.2) is 0 Å². The van der Waals surface area contributed by atoms with Crippen LogP contribution >= 0.6 is 0 Å². The number of benzene rings is 1. The highest BCUT2D eigenvalue weighted by Crippen LogP contribution is 2.40. The van der Waals surface area contributed by atoms with Crippen LogP contribution in [-0.4, -0.2) is 58.6 Å². The summed E-state index contributed by atoms with van der Waals surface area (Å²) < 4.78 is 0. The number of fused-ring (bicyclic) bond motifs is 1. The number of aliphatic hydroxyl groups excluding tert-OH is 1. The largest absolute Gasteiger partial charge is 0.396 e. The van der Waals surface area contributed by atoms with Crippen LogP contribution in [0.2, 0.25) is 0 Å². The van der Waals surface area contributed by atoms with Crippen LogP contribution in [0.15, 0.2) is 30.5 Å². The number of nitrogens with zero attached hydrogens (tertiary/aromatic N) is 2. The van der Waals surface area contributed by atoms with E-state index in [0.29, 0.717) is 24.8 Å². The van der Waals surface area contributed by atoms with Crippen molar-refractivity contribution in [2.24, 2.45) is 5.41 Å². The molecule has 2 fully saturated rings. The van der Waals surface area contributed by atoms with E-state index in [1.807, 2.05) is 11.1 Å². The van der Waals surface area contributed by atoms with Crippen molar-refractivity contribution in [2.45, 2.75) is 38.6 Å². The number of carbonyl (C=O) groups excluding carboxylic acids is 1. The van der Waals surface area contributed by atoms with Crippen molar-refractivity contribution in [3.63, 3.8) is 0 Å². The lowest BCUT2D eigenvalue weighted by molar-refractivity contribution is -0.139. The summed E-state index contributed by atoms with van der Waals surface area (Å²) in [5, 5.41) is 10.3. The van der Waals surface area contributed by atoms with Gasteiger partial charge in [0.1, 0.15) is 0 Å². The normalized spacial score (nSPS) is 21.0. The third-order valence-corrected chi connectivity index (χ3v) is 6.27. The Morgan fingerprint density at radius 3 is 2.81 bits per heavy atom. The predicted molar refractivity (Wildman–Crippen MR) is 103 cm³/mol. The molecule has 0 bridgehead atoms. The molecule has 0 radical (unpaired) electrons. The molecule has 140 valence electrons. The SMILES string of the molecule is O=C1CCC2(CCN(Cc3ccc4[nH]ccc4c3)CC2)CN1CCCO. The highest BCUT2D eigenvalue weighted by atomic mass is 16.3. The maximum atomic E-state index is 12.1. The maximum absolute atomic E-state index is 12.1. The summed E-state index contributed by atoms with van der Waals surface area (Å²) >= 11 is 0. The van der Waals surface area contributed by atoms with Crippen LogP contribution in [0.5, 0.6) is 0 Å². The topological polar surface area (TPSA) is 59.6 Å². The molecule has 0 atom stereocenters. The number of hydrogen-bond donors (Lipinski definition) is 2. The highest BCUT2D eigenvalue weighted by Gasteiger charge is 2.40. The Bertz CT molecular complexity index is 761. The summed E-state index contributed by atoms with van der Waals surface area (Å²) in [6.07, 6.45) is 6.73. The first-order chi connectivity index (χ1) is 12.7. The minimum atomic E-state index is 0.163. The summed E-state index contributed by atoms with van der Waals surface area (Å²) in [5.74, 6) is 0.270. The number of aromatic amines is 1. The number of hydrogen-bond acceptors (Lipinski definition) is 3. The molecule has 1 aromatic carbocycles. The minimum Gasteiger partial charge on any atom is -0.396 e. The van der Waals surface area contributed by atoms with E-state index >= 15 is 0 Å². The minimum absolute atomic E-state index is 0.163. The van der Waals surface area contributed by atoms with Crippen molar-refractivity contribution in [2.75, 3.05) is 32.8 Å². The first kappa shape index (κ1) is 17.6. The van der Waals surface area contributed by atoms with E-state index in [9.17, 15) is 4.79 Å². The van der Waals surface area contributed by atoms with Gasteiger partial charge in [0.25, 0.3) is 0 Å². The van der Waals surface area contributed by atoms with Gasteiger partial charge in [-0.1, -0.05) is 6.07 Å². The number of amides is 1. The smallest absolute Gasteiger partial charge is 0.222 e. The van der Waals surface area contributed by atoms with Crippen LogP contribution in [0.25, 0.3) is 10.9 Å². The van der Waals surface area contributed by atoms with Gasteiger partial charge in [0.15, 0.2) is 0 Å². The molecule has 2 saturated heterocycles. The van der Waals surface area contributed by atoms with Crippen LogP contribution in [0.1, 0.15) is 37.7 Å². The van der Waals surface area contributed by atoms with E-state index in [1.165, 1.54) is 29.3 Å². The monoisotopic (exact) mass is 355 g/mol. The molecule has 1 spiro atoms. The Morgan fingerprint density at radius 2 is 2.00 bits per heavy atom. The molecular weight excluding hydrogens is 326 g/mol. The lowest BCUT2D eigenvalue weighted by Crippen LogP contribution is -2.51. The molecule has 0 unspecified atom stereocenters. The van der Waals surface area contributed by atoms with Crippen LogP contribution in [0, 0.1) is 5.41 Å². The Balaban J connectivity index is 1.35. The molecular formula is C21H29N3O2. The zero-order valence-corrected chi connectivity index (χ0v) is 15.4. The standard InChI is InChI=1S/C21H29N3O2/c25-13-1-10-24-16-21(6-4-20(24)26)7-11-23(12-8-21)15-17-2-3-19-18(14-17)5-9-22-19/h2-3,5,9,14,22,25H,1,4,6-8,10-13,15-16H2. The fourth-order valence-corrected chi connectivity index (χ4v) is 4.62. The second-order valence-corrected chi connectivity index (χ2v) is 8.07. The zero-order chi connectivity index (χ0) is 18.0. The zero-order valence-electron chi connectivity index (χ0n) is 15.4. The molecule has 0 aliphatic carbocycles. The van der Waals surface area contributed by atoms with Crippen molar-refractivity contribution in [3.8, 4) is 0 Å². The van der Waals surface area contributed by atoms with Gasteiger partial charge in [0, 0.05) is 44.4 Å². The number of rotatable bonds is 5. The molecule has 4 rings (SSSR count). The third-order valence-electron chi connectivity index (χ3n) is 6.27. The fourth-order valence-electron chi connectivity index (χ4n) is 4.62. The Kier molecular flexibility index (Phi) is 5.00. The predicted octanol–water partition coefficient (Wildman–Crippen LogP) is 2.75. The molecule has 5 nitrogen and oxygen atoms in total. The molecule has 0 saturated carbocycles. The van der Waals surface area contributed by atoms with Crippen LogP contribution < -0.4 is 0 Å². The van der Waals surface area contributed by atoms with Crippen LogP contribution in [0.3, 0.4) is 0 Å². The molecule has 2 aromatic rings. The second kappa shape index (κ2) is 7.41. The number of nitrogens with one attached hydrogen (secondary N) is 1. The molecule has 2 N–H and O–H groups in total. The molecule has 5 heteroatoms. The fraction of sp³-hybridized carbons (Fsp3) is 0.571. The van der Waals surface area contributed by atoms with Gasteiger partial charge >= 0.3 is 0 Å². The van der Waals surface area contributed by atoms with Gasteiger partial charge in [-0.2, -0.15) is 0 Å². The number of carbonyl (C=O) groups is 1. The van der Waals surface area contributed by atoms with E-state index in [4.69, 9.17) is 5.11 Å².